The lowest BCUT2D eigenvalue weighted by atomic mass is 10.2. The van der Waals surface area contributed by atoms with Gasteiger partial charge in [0.05, 0.1) is 5.69 Å². The molecule has 21 heavy (non-hydrogen) atoms. The topological polar surface area (TPSA) is 43.0 Å². The highest BCUT2D eigenvalue weighted by Crippen LogP contribution is 2.20. The normalized spacial score (nSPS) is 11.0. The van der Waals surface area contributed by atoms with Crippen molar-refractivity contribution in [2.75, 3.05) is 0 Å². The average Bonchev–Trinajstić information content (AvgIpc) is 3.09. The van der Waals surface area contributed by atoms with E-state index in [4.69, 9.17) is 4.52 Å². The predicted molar refractivity (Wildman–Crippen MR) is 82.3 cm³/mol. The number of aryl methyl sites for hydroxylation is 1. The molecule has 0 amide bonds. The minimum Gasteiger partial charge on any atom is -0.364 e. The van der Waals surface area contributed by atoms with Crippen LogP contribution in [0.3, 0.4) is 0 Å². The van der Waals surface area contributed by atoms with Gasteiger partial charge in [-0.1, -0.05) is 23.4 Å². The summed E-state index contributed by atoms with van der Waals surface area (Å²) in [4.78, 5) is 0. The van der Waals surface area contributed by atoms with E-state index >= 15 is 0 Å². The van der Waals surface area contributed by atoms with E-state index in [9.17, 15) is 0 Å². The fourth-order valence-corrected chi connectivity index (χ4v) is 2.64. The number of benzene rings is 1. The van der Waals surface area contributed by atoms with Gasteiger partial charge in [-0.15, -0.1) is 0 Å². The van der Waals surface area contributed by atoms with Crippen molar-refractivity contribution in [1.29, 1.82) is 0 Å². The number of rotatable bonds is 5. The van der Waals surface area contributed by atoms with Crippen molar-refractivity contribution < 1.29 is 4.52 Å². The lowest BCUT2D eigenvalue weighted by Gasteiger charge is -2.10. The smallest absolute Gasteiger partial charge is 0.124 e. The molecular weight excluding hydrogens is 262 g/mol. The molecule has 0 unspecified atom stereocenters. The molecule has 2 heterocycles. The highest BCUT2D eigenvalue weighted by Gasteiger charge is 2.10. The Kier molecular flexibility index (Phi) is 3.88. The van der Waals surface area contributed by atoms with Crippen molar-refractivity contribution in [3.63, 3.8) is 0 Å². The zero-order chi connectivity index (χ0) is 14.7. The van der Waals surface area contributed by atoms with Gasteiger partial charge in [-0.2, -0.15) is 0 Å². The van der Waals surface area contributed by atoms with Gasteiger partial charge in [0, 0.05) is 36.2 Å². The molecule has 0 aliphatic carbocycles. The molecule has 0 aliphatic rings. The van der Waals surface area contributed by atoms with Crippen LogP contribution in [0.25, 0.3) is 5.69 Å². The largest absolute Gasteiger partial charge is 0.364 e. The van der Waals surface area contributed by atoms with Gasteiger partial charge < -0.3 is 14.4 Å². The molecule has 3 aromatic rings. The molecule has 0 radical (unpaired) electrons. The molecule has 0 spiro atoms. The molecule has 4 heteroatoms. The molecule has 0 fully saturated rings. The van der Waals surface area contributed by atoms with E-state index in [0.29, 0.717) is 6.54 Å². The second-order valence-electron chi connectivity index (χ2n) is 5.16. The molecule has 4 nitrogen and oxygen atoms in total. The number of aromatic nitrogens is 2. The minimum absolute atomic E-state index is 0.714. The number of nitrogens with one attached hydrogen (secondary N) is 1. The zero-order valence-corrected chi connectivity index (χ0v) is 12.3. The van der Waals surface area contributed by atoms with E-state index in [-0.39, 0.29) is 0 Å². The summed E-state index contributed by atoms with van der Waals surface area (Å²) in [6, 6.07) is 14.5. The third-order valence-electron chi connectivity index (χ3n) is 3.66. The van der Waals surface area contributed by atoms with Crippen molar-refractivity contribution in [3.05, 3.63) is 71.4 Å². The predicted octanol–water partition coefficient (Wildman–Crippen LogP) is 3.37. The van der Waals surface area contributed by atoms with Crippen molar-refractivity contribution in [3.8, 4) is 5.69 Å². The quantitative estimate of drug-likeness (QED) is 0.779. The van der Waals surface area contributed by atoms with Crippen molar-refractivity contribution in [1.82, 2.24) is 15.0 Å². The number of nitrogens with zero attached hydrogens (tertiary/aromatic N) is 2. The van der Waals surface area contributed by atoms with Crippen LogP contribution in [0.15, 0.2) is 53.3 Å². The number of hydrogen-bond acceptors (Lipinski definition) is 3. The van der Waals surface area contributed by atoms with Crippen LogP contribution in [-0.4, -0.2) is 9.72 Å². The standard InChI is InChI=1S/C17H19N3O/c1-13-10-15(11-18-12-16-8-9-21-19-16)14(2)20(13)17-6-4-3-5-7-17/h3-10,18H,11-12H2,1-2H3. The highest BCUT2D eigenvalue weighted by molar-refractivity contribution is 5.40. The zero-order valence-electron chi connectivity index (χ0n) is 12.3. The molecule has 0 atom stereocenters. The molecule has 0 aliphatic heterocycles. The Morgan fingerprint density at radius 1 is 1.10 bits per heavy atom. The highest BCUT2D eigenvalue weighted by atomic mass is 16.5. The van der Waals surface area contributed by atoms with Gasteiger partial charge in [-0.05, 0) is 37.6 Å². The summed E-state index contributed by atoms with van der Waals surface area (Å²) >= 11 is 0. The van der Waals surface area contributed by atoms with Crippen LogP contribution in [0.5, 0.6) is 0 Å². The monoisotopic (exact) mass is 281 g/mol. The van der Waals surface area contributed by atoms with Crippen LogP contribution in [0.4, 0.5) is 0 Å². The molecule has 3 rings (SSSR count). The molecule has 2 aromatic heterocycles. The molecule has 1 N–H and O–H groups in total. The first-order chi connectivity index (χ1) is 10.3. The lowest BCUT2D eigenvalue weighted by Crippen LogP contribution is -2.13. The summed E-state index contributed by atoms with van der Waals surface area (Å²) in [7, 11) is 0. The Bertz CT molecular complexity index is 699. The van der Waals surface area contributed by atoms with Gasteiger partial charge >= 0.3 is 0 Å². The molecule has 0 bridgehead atoms. The summed E-state index contributed by atoms with van der Waals surface area (Å²) in [6.07, 6.45) is 1.60. The Morgan fingerprint density at radius 3 is 2.62 bits per heavy atom. The summed E-state index contributed by atoms with van der Waals surface area (Å²) in [5, 5.41) is 7.30. The first-order valence-corrected chi connectivity index (χ1v) is 7.09. The Labute approximate surface area is 124 Å². The molecular formula is C17H19N3O. The van der Waals surface area contributed by atoms with Crippen LogP contribution in [0.1, 0.15) is 22.6 Å². The summed E-state index contributed by atoms with van der Waals surface area (Å²) in [5.74, 6) is 0. The second kappa shape index (κ2) is 5.97. The minimum atomic E-state index is 0.714. The fraction of sp³-hybridized carbons (Fsp3) is 0.235. The maximum absolute atomic E-state index is 4.83. The Morgan fingerprint density at radius 2 is 1.90 bits per heavy atom. The molecule has 0 saturated carbocycles. The summed E-state index contributed by atoms with van der Waals surface area (Å²) in [6.45, 7) is 5.83. The van der Waals surface area contributed by atoms with E-state index in [2.05, 4.69) is 59.2 Å². The van der Waals surface area contributed by atoms with Crippen LogP contribution in [0.2, 0.25) is 0 Å². The summed E-state index contributed by atoms with van der Waals surface area (Å²) in [5.41, 5.74) is 5.95. The third-order valence-corrected chi connectivity index (χ3v) is 3.66. The lowest BCUT2D eigenvalue weighted by molar-refractivity contribution is 0.408. The van der Waals surface area contributed by atoms with Gasteiger partial charge in [-0.25, -0.2) is 0 Å². The average molecular weight is 281 g/mol. The van der Waals surface area contributed by atoms with Crippen LogP contribution in [-0.2, 0) is 13.1 Å². The maximum Gasteiger partial charge on any atom is 0.124 e. The van der Waals surface area contributed by atoms with Crippen LogP contribution < -0.4 is 5.32 Å². The molecule has 1 aromatic carbocycles. The van der Waals surface area contributed by atoms with Gasteiger partial charge in [0.15, 0.2) is 0 Å². The molecule has 108 valence electrons. The SMILES string of the molecule is Cc1cc(CNCc2ccon2)c(C)n1-c1ccccc1. The first kappa shape index (κ1) is 13.6. The van der Waals surface area contributed by atoms with Gasteiger partial charge in [0.1, 0.15) is 6.26 Å². The van der Waals surface area contributed by atoms with E-state index in [1.54, 1.807) is 6.26 Å². The first-order valence-electron chi connectivity index (χ1n) is 7.09. The maximum atomic E-state index is 4.83. The Balaban J connectivity index is 1.75. The second-order valence-corrected chi connectivity index (χ2v) is 5.16. The van der Waals surface area contributed by atoms with E-state index in [0.717, 1.165) is 12.2 Å². The van der Waals surface area contributed by atoms with Gasteiger partial charge in [0.2, 0.25) is 0 Å². The molecule has 0 saturated heterocycles. The summed E-state index contributed by atoms with van der Waals surface area (Å²) < 4.78 is 7.11. The van der Waals surface area contributed by atoms with Crippen LogP contribution >= 0.6 is 0 Å². The third kappa shape index (κ3) is 2.90. The van der Waals surface area contributed by atoms with Crippen molar-refractivity contribution in [2.45, 2.75) is 26.9 Å². The fourth-order valence-electron chi connectivity index (χ4n) is 2.64. The van der Waals surface area contributed by atoms with Gasteiger partial charge in [0.25, 0.3) is 0 Å². The van der Waals surface area contributed by atoms with Gasteiger partial charge in [-0.3, -0.25) is 0 Å². The van der Waals surface area contributed by atoms with Crippen LogP contribution in [0, 0.1) is 13.8 Å². The van der Waals surface area contributed by atoms with E-state index < -0.39 is 0 Å². The van der Waals surface area contributed by atoms with E-state index in [1.807, 2.05) is 12.1 Å². The number of hydrogen-bond donors (Lipinski definition) is 1. The van der Waals surface area contributed by atoms with Crippen molar-refractivity contribution in [2.24, 2.45) is 0 Å². The Hall–Kier alpha value is -2.33. The number of para-hydroxylation sites is 1. The van der Waals surface area contributed by atoms with E-state index in [1.165, 1.54) is 22.6 Å². The van der Waals surface area contributed by atoms with Crippen molar-refractivity contribution >= 4 is 0 Å².